The minimum absolute atomic E-state index is 0.0188. The van der Waals surface area contributed by atoms with Gasteiger partial charge in [0.25, 0.3) is 5.91 Å². The molecule has 0 radical (unpaired) electrons. The summed E-state index contributed by atoms with van der Waals surface area (Å²) < 4.78 is 5.75. The van der Waals surface area contributed by atoms with Crippen molar-refractivity contribution < 1.29 is 14.3 Å². The van der Waals surface area contributed by atoms with E-state index in [4.69, 9.17) is 4.74 Å². The Morgan fingerprint density at radius 1 is 1.35 bits per heavy atom. The van der Waals surface area contributed by atoms with E-state index >= 15 is 0 Å². The molecule has 0 aliphatic carbocycles. The number of ether oxygens (including phenoxy) is 1. The van der Waals surface area contributed by atoms with E-state index < -0.39 is 0 Å². The zero-order valence-corrected chi connectivity index (χ0v) is 13.8. The van der Waals surface area contributed by atoms with Gasteiger partial charge in [0.2, 0.25) is 5.91 Å². The summed E-state index contributed by atoms with van der Waals surface area (Å²) in [6.45, 7) is 9.81. The Kier molecular flexibility index (Phi) is 5.55. The lowest BCUT2D eigenvalue weighted by atomic mass is 10.1. The van der Waals surface area contributed by atoms with Gasteiger partial charge in [0, 0.05) is 31.8 Å². The molecule has 2 rings (SSSR count). The molecule has 0 saturated carbocycles. The fraction of sp³-hybridized carbons (Fsp3) is 0.444. The number of amides is 2. The molecule has 1 N–H and O–H groups in total. The predicted octanol–water partition coefficient (Wildman–Crippen LogP) is 2.13. The second-order valence-corrected chi connectivity index (χ2v) is 6.31. The second kappa shape index (κ2) is 7.42. The van der Waals surface area contributed by atoms with Gasteiger partial charge in [0.05, 0.1) is 5.60 Å². The van der Waals surface area contributed by atoms with Crippen molar-refractivity contribution in [1.82, 2.24) is 10.2 Å². The molecule has 0 spiro atoms. The minimum Gasteiger partial charge on any atom is -0.374 e. The predicted molar refractivity (Wildman–Crippen MR) is 89.0 cm³/mol. The number of carbonyl (C=O) groups excluding carboxylic acids is 2. The van der Waals surface area contributed by atoms with Gasteiger partial charge in [-0.05, 0) is 44.0 Å². The van der Waals surface area contributed by atoms with Crippen LogP contribution in [0.3, 0.4) is 0 Å². The Hall–Kier alpha value is -2.14. The zero-order chi connectivity index (χ0) is 16.9. The van der Waals surface area contributed by atoms with Crippen LogP contribution in [-0.4, -0.2) is 42.0 Å². The molecule has 0 bridgehead atoms. The van der Waals surface area contributed by atoms with Gasteiger partial charge in [0.15, 0.2) is 0 Å². The SMILES string of the molecule is C=CC(=O)NCc1ccc(C(=O)N2CCCOC(C)(C)C2)cc1. The van der Waals surface area contributed by atoms with Gasteiger partial charge >= 0.3 is 0 Å². The molecule has 1 aromatic rings. The third-order valence-corrected chi connectivity index (χ3v) is 3.78. The smallest absolute Gasteiger partial charge is 0.253 e. The number of benzene rings is 1. The molecule has 0 atom stereocenters. The fourth-order valence-corrected chi connectivity index (χ4v) is 2.57. The van der Waals surface area contributed by atoms with Crippen LogP contribution in [0.2, 0.25) is 0 Å². The molecular weight excluding hydrogens is 292 g/mol. The van der Waals surface area contributed by atoms with Crippen molar-refractivity contribution >= 4 is 11.8 Å². The molecule has 0 unspecified atom stereocenters. The lowest BCUT2D eigenvalue weighted by Crippen LogP contribution is -2.41. The topological polar surface area (TPSA) is 58.6 Å². The van der Waals surface area contributed by atoms with Gasteiger partial charge in [0.1, 0.15) is 0 Å². The normalized spacial score (nSPS) is 17.2. The first-order chi connectivity index (χ1) is 10.9. The number of hydrogen-bond donors (Lipinski definition) is 1. The molecular formula is C18H24N2O3. The average molecular weight is 316 g/mol. The maximum absolute atomic E-state index is 12.7. The molecule has 1 fully saturated rings. The standard InChI is InChI=1S/C18H24N2O3/c1-4-16(21)19-12-14-6-8-15(9-7-14)17(22)20-10-5-11-23-18(2,3)13-20/h4,6-9H,1,5,10-13H2,2-3H3,(H,19,21). The van der Waals surface area contributed by atoms with Crippen molar-refractivity contribution in [3.05, 3.63) is 48.0 Å². The van der Waals surface area contributed by atoms with Gasteiger partial charge in [-0.3, -0.25) is 9.59 Å². The lowest BCUT2D eigenvalue weighted by Gasteiger charge is -2.29. The molecule has 2 amide bonds. The van der Waals surface area contributed by atoms with Crippen LogP contribution in [0.1, 0.15) is 36.2 Å². The van der Waals surface area contributed by atoms with E-state index in [0.717, 1.165) is 12.0 Å². The largest absolute Gasteiger partial charge is 0.374 e. The Morgan fingerprint density at radius 3 is 2.70 bits per heavy atom. The van der Waals surface area contributed by atoms with Crippen molar-refractivity contribution in [2.75, 3.05) is 19.7 Å². The summed E-state index contributed by atoms with van der Waals surface area (Å²) in [5, 5.41) is 2.71. The van der Waals surface area contributed by atoms with Crippen molar-refractivity contribution in [2.45, 2.75) is 32.4 Å². The van der Waals surface area contributed by atoms with Crippen LogP contribution in [0.15, 0.2) is 36.9 Å². The summed E-state index contributed by atoms with van der Waals surface area (Å²) in [5.41, 5.74) is 1.28. The van der Waals surface area contributed by atoms with E-state index in [2.05, 4.69) is 11.9 Å². The van der Waals surface area contributed by atoms with Gasteiger partial charge in [-0.2, -0.15) is 0 Å². The molecule has 1 heterocycles. The Balaban J connectivity index is 2.01. The highest BCUT2D eigenvalue weighted by Crippen LogP contribution is 2.18. The van der Waals surface area contributed by atoms with Crippen molar-refractivity contribution in [1.29, 1.82) is 0 Å². The van der Waals surface area contributed by atoms with Gasteiger partial charge in [-0.1, -0.05) is 18.7 Å². The van der Waals surface area contributed by atoms with Gasteiger partial charge in [-0.25, -0.2) is 0 Å². The van der Waals surface area contributed by atoms with Crippen molar-refractivity contribution in [3.63, 3.8) is 0 Å². The van der Waals surface area contributed by atoms with Gasteiger partial charge < -0.3 is 15.0 Å². The molecule has 1 aliphatic heterocycles. The molecule has 5 nitrogen and oxygen atoms in total. The lowest BCUT2D eigenvalue weighted by molar-refractivity contribution is -0.116. The van der Waals surface area contributed by atoms with Crippen LogP contribution in [-0.2, 0) is 16.1 Å². The highest BCUT2D eigenvalue weighted by molar-refractivity contribution is 5.94. The molecule has 1 saturated heterocycles. The van der Waals surface area contributed by atoms with E-state index in [1.165, 1.54) is 6.08 Å². The van der Waals surface area contributed by atoms with Crippen LogP contribution < -0.4 is 5.32 Å². The van der Waals surface area contributed by atoms with Crippen LogP contribution in [0.25, 0.3) is 0 Å². The van der Waals surface area contributed by atoms with E-state index in [-0.39, 0.29) is 17.4 Å². The minimum atomic E-state index is -0.318. The zero-order valence-electron chi connectivity index (χ0n) is 13.8. The van der Waals surface area contributed by atoms with Crippen molar-refractivity contribution in [3.8, 4) is 0 Å². The highest BCUT2D eigenvalue weighted by Gasteiger charge is 2.28. The third-order valence-electron chi connectivity index (χ3n) is 3.78. The highest BCUT2D eigenvalue weighted by atomic mass is 16.5. The summed E-state index contributed by atoms with van der Waals surface area (Å²) in [5.74, 6) is -0.192. The molecule has 0 aromatic heterocycles. The van der Waals surface area contributed by atoms with Gasteiger partial charge in [-0.15, -0.1) is 0 Å². The van der Waals surface area contributed by atoms with E-state index in [0.29, 0.717) is 31.8 Å². The number of nitrogens with one attached hydrogen (secondary N) is 1. The average Bonchev–Trinajstić information content (AvgIpc) is 2.73. The summed E-state index contributed by atoms with van der Waals surface area (Å²) in [7, 11) is 0. The van der Waals surface area contributed by atoms with Crippen LogP contribution in [0.4, 0.5) is 0 Å². The maximum atomic E-state index is 12.7. The molecule has 23 heavy (non-hydrogen) atoms. The Morgan fingerprint density at radius 2 is 2.04 bits per heavy atom. The number of rotatable bonds is 4. The third kappa shape index (κ3) is 4.93. The molecule has 1 aromatic carbocycles. The van der Waals surface area contributed by atoms with Crippen LogP contribution >= 0.6 is 0 Å². The molecule has 124 valence electrons. The number of hydrogen-bond acceptors (Lipinski definition) is 3. The number of carbonyl (C=O) groups is 2. The summed E-state index contributed by atoms with van der Waals surface area (Å²) in [6.07, 6.45) is 2.09. The summed E-state index contributed by atoms with van der Waals surface area (Å²) in [6, 6.07) is 7.32. The molecule has 1 aliphatic rings. The first kappa shape index (κ1) is 17.2. The molecule has 5 heteroatoms. The first-order valence-corrected chi connectivity index (χ1v) is 7.84. The second-order valence-electron chi connectivity index (χ2n) is 6.31. The quantitative estimate of drug-likeness (QED) is 0.866. The number of nitrogens with zero attached hydrogens (tertiary/aromatic N) is 1. The van der Waals surface area contributed by atoms with Crippen LogP contribution in [0.5, 0.6) is 0 Å². The summed E-state index contributed by atoms with van der Waals surface area (Å²) in [4.78, 5) is 25.7. The fourth-order valence-electron chi connectivity index (χ4n) is 2.57. The maximum Gasteiger partial charge on any atom is 0.253 e. The van der Waals surface area contributed by atoms with E-state index in [9.17, 15) is 9.59 Å². The Bertz CT molecular complexity index is 578. The Labute approximate surface area is 137 Å². The van der Waals surface area contributed by atoms with E-state index in [1.807, 2.05) is 30.9 Å². The first-order valence-electron chi connectivity index (χ1n) is 7.84. The van der Waals surface area contributed by atoms with Crippen molar-refractivity contribution in [2.24, 2.45) is 0 Å². The summed E-state index contributed by atoms with van der Waals surface area (Å²) >= 11 is 0. The van der Waals surface area contributed by atoms with Crippen LogP contribution in [0, 0.1) is 0 Å². The monoisotopic (exact) mass is 316 g/mol. The van der Waals surface area contributed by atoms with E-state index in [1.54, 1.807) is 12.1 Å².